The number of fused-ring (bicyclic) bond motifs is 1. The third kappa shape index (κ3) is 6.98. The van der Waals surface area contributed by atoms with E-state index in [-0.39, 0.29) is 23.7 Å². The van der Waals surface area contributed by atoms with Crippen molar-refractivity contribution < 1.29 is 27.9 Å². The van der Waals surface area contributed by atoms with E-state index in [1.165, 1.54) is 17.7 Å². The molecule has 13 heteroatoms. The molecule has 0 bridgehead atoms. The van der Waals surface area contributed by atoms with Crippen molar-refractivity contribution in [3.05, 3.63) is 74.5 Å². The largest absolute Gasteiger partial charge is 0.462 e. The first-order chi connectivity index (χ1) is 18.5. The normalized spacial score (nSPS) is 21.5. The summed E-state index contributed by atoms with van der Waals surface area (Å²) in [7, 11) is -4.15. The highest BCUT2D eigenvalue weighted by atomic mass is 35.5. The molecule has 2 aromatic carbocycles. The monoisotopic (exact) mass is 579 g/mol. The Kier molecular flexibility index (Phi) is 8.98. The van der Waals surface area contributed by atoms with Gasteiger partial charge in [0.2, 0.25) is 0 Å². The lowest BCUT2D eigenvalue weighted by Crippen LogP contribution is -2.36. The second-order valence-corrected chi connectivity index (χ2v) is 11.8. The van der Waals surface area contributed by atoms with E-state index in [9.17, 15) is 18.9 Å². The van der Waals surface area contributed by atoms with E-state index >= 15 is 0 Å². The summed E-state index contributed by atoms with van der Waals surface area (Å²) >= 11 is 5.91. The Morgan fingerprint density at radius 2 is 1.92 bits per heavy atom. The number of hydrogen-bond acceptors (Lipinski definition) is 8. The van der Waals surface area contributed by atoms with Crippen LogP contribution >= 0.6 is 19.3 Å². The predicted molar refractivity (Wildman–Crippen MR) is 146 cm³/mol. The highest BCUT2D eigenvalue weighted by molar-refractivity contribution is 7.52. The first-order valence-corrected chi connectivity index (χ1v) is 14.4. The molecule has 0 aliphatic carbocycles. The summed E-state index contributed by atoms with van der Waals surface area (Å²) in [5, 5.41) is 4.11. The molecule has 39 heavy (non-hydrogen) atoms. The Balaban J connectivity index is 1.54. The lowest BCUT2D eigenvalue weighted by atomic mass is 10.1. The van der Waals surface area contributed by atoms with Crippen LogP contribution in [0.1, 0.15) is 40.3 Å². The Labute approximate surface area is 230 Å². The molecule has 210 valence electrons. The number of H-pyrrole nitrogens is 1. The molecule has 0 spiro atoms. The molecule has 5 unspecified atom stereocenters. The van der Waals surface area contributed by atoms with Gasteiger partial charge in [-0.25, -0.2) is 9.36 Å². The topological polar surface area (TPSA) is 138 Å². The van der Waals surface area contributed by atoms with Crippen LogP contribution in [0.5, 0.6) is 5.75 Å². The lowest BCUT2D eigenvalue weighted by molar-refractivity contribution is -0.149. The molecule has 0 amide bonds. The van der Waals surface area contributed by atoms with E-state index in [0.29, 0.717) is 17.6 Å². The summed E-state index contributed by atoms with van der Waals surface area (Å²) in [6, 6.07) is 11.7. The van der Waals surface area contributed by atoms with E-state index in [4.69, 9.17) is 30.1 Å². The van der Waals surface area contributed by atoms with Gasteiger partial charge >= 0.3 is 19.4 Å². The van der Waals surface area contributed by atoms with Crippen LogP contribution < -0.4 is 20.9 Å². The summed E-state index contributed by atoms with van der Waals surface area (Å²) in [5.41, 5.74) is -1.35. The van der Waals surface area contributed by atoms with Gasteiger partial charge < -0.3 is 14.0 Å². The van der Waals surface area contributed by atoms with E-state index < -0.39 is 43.3 Å². The van der Waals surface area contributed by atoms with Crippen LogP contribution in [0, 0.1) is 5.92 Å². The SMILES string of the molecule is CC(C)OC(=O)C(C)NP(=O)(OCC1CC(C)C(n2cc(Cl)c(=O)[nH]c2=O)O1)Oc1cccc2ccccc12. The number of halogens is 1. The Morgan fingerprint density at radius 3 is 2.67 bits per heavy atom. The van der Waals surface area contributed by atoms with E-state index in [1.807, 2.05) is 37.3 Å². The van der Waals surface area contributed by atoms with Crippen molar-refractivity contribution in [1.29, 1.82) is 0 Å². The van der Waals surface area contributed by atoms with Crippen LogP contribution in [0.3, 0.4) is 0 Å². The second kappa shape index (κ2) is 12.1. The maximum absolute atomic E-state index is 14.0. The first kappa shape index (κ1) is 29.0. The molecule has 1 fully saturated rings. The Hall–Kier alpha value is -2.95. The molecule has 1 aliphatic rings. The maximum atomic E-state index is 14.0. The number of benzene rings is 2. The standard InChI is InChI=1S/C26H31ClN3O8P/c1-15(2)36-25(32)17(4)29-39(34,38-22-11-7-9-18-8-5-6-10-20(18)22)35-14-19-12-16(3)24(37-19)30-13-21(27)23(31)28-26(30)33/h5-11,13,15-17,19,24H,12,14H2,1-4H3,(H,29,34)(H,28,31,33). The fraction of sp³-hybridized carbons (Fsp3) is 0.423. The van der Waals surface area contributed by atoms with Crippen molar-refractivity contribution in [1.82, 2.24) is 14.6 Å². The molecule has 4 rings (SSSR count). The van der Waals surface area contributed by atoms with Crippen molar-refractivity contribution in [2.45, 2.75) is 58.6 Å². The summed E-state index contributed by atoms with van der Waals surface area (Å²) in [5.74, 6) is -0.471. The summed E-state index contributed by atoms with van der Waals surface area (Å²) in [6.07, 6.45) is 0.00725. The van der Waals surface area contributed by atoms with Gasteiger partial charge in [-0.05, 0) is 38.6 Å². The van der Waals surface area contributed by atoms with Crippen LogP contribution in [0.2, 0.25) is 5.02 Å². The molecule has 0 radical (unpaired) electrons. The zero-order valence-corrected chi connectivity index (χ0v) is 23.6. The highest BCUT2D eigenvalue weighted by Gasteiger charge is 2.38. The van der Waals surface area contributed by atoms with Gasteiger partial charge in [-0.2, -0.15) is 5.09 Å². The second-order valence-electron chi connectivity index (χ2n) is 9.70. The summed E-state index contributed by atoms with van der Waals surface area (Å²) in [6.45, 7) is 6.62. The fourth-order valence-corrected chi connectivity index (χ4v) is 6.01. The number of hydrogen-bond donors (Lipinski definition) is 2. The van der Waals surface area contributed by atoms with E-state index in [0.717, 1.165) is 5.39 Å². The Bertz CT molecular complexity index is 1500. The fourth-order valence-electron chi connectivity index (χ4n) is 4.32. The van der Waals surface area contributed by atoms with Gasteiger partial charge in [0.05, 0.1) is 18.8 Å². The van der Waals surface area contributed by atoms with Crippen molar-refractivity contribution in [3.8, 4) is 5.75 Å². The van der Waals surface area contributed by atoms with Crippen molar-refractivity contribution in [3.63, 3.8) is 0 Å². The minimum Gasteiger partial charge on any atom is -0.462 e. The average molecular weight is 580 g/mol. The molecule has 2 heterocycles. The third-order valence-corrected chi connectivity index (χ3v) is 8.01. The van der Waals surface area contributed by atoms with Crippen molar-refractivity contribution >= 4 is 36.1 Å². The number of carbonyl (C=O) groups is 1. The van der Waals surface area contributed by atoms with Gasteiger partial charge in [0.25, 0.3) is 5.56 Å². The molecule has 2 N–H and O–H groups in total. The maximum Gasteiger partial charge on any atom is 0.459 e. The molecule has 5 atom stereocenters. The van der Waals surface area contributed by atoms with Crippen molar-refractivity contribution in [2.24, 2.45) is 5.92 Å². The number of nitrogens with one attached hydrogen (secondary N) is 2. The minimum absolute atomic E-state index is 0.149. The molecule has 3 aromatic rings. The van der Waals surface area contributed by atoms with Gasteiger partial charge in [0, 0.05) is 17.5 Å². The van der Waals surface area contributed by atoms with Crippen LogP contribution in [0.4, 0.5) is 0 Å². The number of aromatic nitrogens is 2. The van der Waals surface area contributed by atoms with Gasteiger partial charge in [-0.15, -0.1) is 0 Å². The van der Waals surface area contributed by atoms with Crippen LogP contribution in [0.15, 0.2) is 58.3 Å². The Morgan fingerprint density at radius 1 is 1.21 bits per heavy atom. The van der Waals surface area contributed by atoms with Gasteiger partial charge in [-0.3, -0.25) is 23.7 Å². The number of rotatable bonds is 10. The van der Waals surface area contributed by atoms with Crippen LogP contribution in [-0.4, -0.2) is 40.4 Å². The number of nitrogens with zero attached hydrogens (tertiary/aromatic N) is 1. The molecular weight excluding hydrogens is 549 g/mol. The zero-order valence-electron chi connectivity index (χ0n) is 22.0. The van der Waals surface area contributed by atoms with Crippen molar-refractivity contribution in [2.75, 3.05) is 6.61 Å². The summed E-state index contributed by atoms with van der Waals surface area (Å²) < 4.78 is 38.2. The molecule has 0 saturated carbocycles. The number of aromatic amines is 1. The quantitative estimate of drug-likeness (QED) is 0.264. The number of carbonyl (C=O) groups excluding carboxylic acids is 1. The lowest BCUT2D eigenvalue weighted by Gasteiger charge is -2.25. The van der Waals surface area contributed by atoms with E-state index in [2.05, 4.69) is 10.1 Å². The predicted octanol–water partition coefficient (Wildman–Crippen LogP) is 4.40. The molecule has 1 aromatic heterocycles. The average Bonchev–Trinajstić information content (AvgIpc) is 3.25. The summed E-state index contributed by atoms with van der Waals surface area (Å²) in [4.78, 5) is 38.6. The third-order valence-electron chi connectivity index (χ3n) is 6.11. The molecule has 1 saturated heterocycles. The van der Waals surface area contributed by atoms with Crippen LogP contribution in [0.25, 0.3) is 10.8 Å². The highest BCUT2D eigenvalue weighted by Crippen LogP contribution is 2.48. The molecule has 1 aliphatic heterocycles. The van der Waals surface area contributed by atoms with E-state index in [1.54, 1.807) is 26.0 Å². The zero-order chi connectivity index (χ0) is 28.3. The minimum atomic E-state index is -4.15. The van der Waals surface area contributed by atoms with Gasteiger partial charge in [-0.1, -0.05) is 54.9 Å². The number of esters is 1. The number of ether oxygens (including phenoxy) is 2. The van der Waals surface area contributed by atoms with Gasteiger partial charge in [0.1, 0.15) is 23.0 Å². The molecule has 11 nitrogen and oxygen atoms in total. The van der Waals surface area contributed by atoms with Gasteiger partial charge in [0.15, 0.2) is 0 Å². The first-order valence-electron chi connectivity index (χ1n) is 12.5. The molecular formula is C26H31ClN3O8P. The van der Waals surface area contributed by atoms with Crippen LogP contribution in [-0.2, 0) is 23.4 Å². The smallest absolute Gasteiger partial charge is 0.459 e.